The first kappa shape index (κ1) is 14.8. The highest BCUT2D eigenvalue weighted by Gasteiger charge is 2.24. The second kappa shape index (κ2) is 6.75. The molecule has 2 atom stereocenters. The van der Waals surface area contributed by atoms with Gasteiger partial charge in [-0.25, -0.2) is 4.39 Å². The third-order valence-electron chi connectivity index (χ3n) is 4.31. The van der Waals surface area contributed by atoms with Crippen molar-refractivity contribution in [2.24, 2.45) is 0 Å². The van der Waals surface area contributed by atoms with Crippen molar-refractivity contribution in [1.82, 2.24) is 5.32 Å². The van der Waals surface area contributed by atoms with Crippen LogP contribution in [0, 0.1) is 5.82 Å². The number of aliphatic hydroxyl groups is 1. The maximum Gasteiger partial charge on any atom is 0.127 e. The molecule has 2 aliphatic carbocycles. The smallest absolute Gasteiger partial charge is 0.127 e. The number of ether oxygens (including phenoxy) is 1. The molecule has 2 fully saturated rings. The van der Waals surface area contributed by atoms with Crippen molar-refractivity contribution in [3.8, 4) is 5.75 Å². The minimum Gasteiger partial charge on any atom is -0.488 e. The topological polar surface area (TPSA) is 41.5 Å². The summed E-state index contributed by atoms with van der Waals surface area (Å²) in [7, 11) is 0. The quantitative estimate of drug-likeness (QED) is 0.819. The molecule has 0 aliphatic heterocycles. The molecule has 0 amide bonds. The first-order valence-corrected chi connectivity index (χ1v) is 8.08. The molecule has 0 aromatic heterocycles. The van der Waals surface area contributed by atoms with Crippen LogP contribution in [-0.4, -0.2) is 23.4 Å². The van der Waals surface area contributed by atoms with E-state index in [1.54, 1.807) is 6.07 Å². The zero-order chi connectivity index (χ0) is 14.7. The molecule has 3 nitrogen and oxygen atoms in total. The molecule has 2 unspecified atom stereocenters. The van der Waals surface area contributed by atoms with Gasteiger partial charge < -0.3 is 15.2 Å². The predicted octanol–water partition coefficient (Wildman–Crippen LogP) is 3.15. The van der Waals surface area contributed by atoms with E-state index >= 15 is 0 Å². The largest absolute Gasteiger partial charge is 0.488 e. The van der Waals surface area contributed by atoms with Gasteiger partial charge in [-0.2, -0.15) is 0 Å². The highest BCUT2D eigenvalue weighted by atomic mass is 19.1. The monoisotopic (exact) mass is 293 g/mol. The zero-order valence-electron chi connectivity index (χ0n) is 12.4. The van der Waals surface area contributed by atoms with Crippen LogP contribution in [0.1, 0.15) is 50.5 Å². The van der Waals surface area contributed by atoms with Gasteiger partial charge >= 0.3 is 0 Å². The van der Waals surface area contributed by atoms with Gasteiger partial charge in [-0.1, -0.05) is 12.8 Å². The van der Waals surface area contributed by atoms with Gasteiger partial charge in [-0.15, -0.1) is 0 Å². The minimum absolute atomic E-state index is 0.210. The molecule has 2 aliphatic rings. The summed E-state index contributed by atoms with van der Waals surface area (Å²) in [6.45, 7) is 0.673. The number of hydrogen-bond acceptors (Lipinski definition) is 3. The van der Waals surface area contributed by atoms with Crippen LogP contribution in [0.3, 0.4) is 0 Å². The van der Waals surface area contributed by atoms with Gasteiger partial charge in [0.25, 0.3) is 0 Å². The highest BCUT2D eigenvalue weighted by molar-refractivity contribution is 5.30. The van der Waals surface area contributed by atoms with Crippen LogP contribution in [0.15, 0.2) is 18.2 Å². The number of benzene rings is 1. The molecule has 1 aromatic carbocycles. The molecule has 0 radical (unpaired) electrons. The predicted molar refractivity (Wildman–Crippen MR) is 79.8 cm³/mol. The van der Waals surface area contributed by atoms with Crippen molar-refractivity contribution in [2.75, 3.05) is 0 Å². The van der Waals surface area contributed by atoms with E-state index in [1.807, 2.05) is 6.07 Å². The highest BCUT2D eigenvalue weighted by Crippen LogP contribution is 2.25. The molecule has 1 aromatic rings. The summed E-state index contributed by atoms with van der Waals surface area (Å²) in [4.78, 5) is 0. The van der Waals surface area contributed by atoms with Gasteiger partial charge in [0.1, 0.15) is 17.7 Å². The van der Waals surface area contributed by atoms with Gasteiger partial charge in [0.15, 0.2) is 0 Å². The molecule has 0 saturated heterocycles. The third-order valence-corrected chi connectivity index (χ3v) is 4.31. The zero-order valence-corrected chi connectivity index (χ0v) is 12.4. The first-order valence-electron chi connectivity index (χ1n) is 8.08. The molecule has 3 rings (SSSR count). The Morgan fingerprint density at radius 3 is 2.71 bits per heavy atom. The van der Waals surface area contributed by atoms with Crippen LogP contribution in [0.2, 0.25) is 0 Å². The SMILES string of the molecule is OC1CCCCCC1Oc1cc(F)cc(CNC2CC2)c1. The fourth-order valence-corrected chi connectivity index (χ4v) is 2.91. The minimum atomic E-state index is -0.441. The summed E-state index contributed by atoms with van der Waals surface area (Å²) in [6.07, 6.45) is 6.63. The second-order valence-corrected chi connectivity index (χ2v) is 6.31. The number of rotatable bonds is 5. The van der Waals surface area contributed by atoms with E-state index in [1.165, 1.54) is 18.9 Å². The molecule has 116 valence electrons. The summed E-state index contributed by atoms with van der Waals surface area (Å²) in [5.74, 6) is 0.261. The Bertz CT molecular complexity index is 476. The summed E-state index contributed by atoms with van der Waals surface area (Å²) < 4.78 is 19.6. The van der Waals surface area contributed by atoms with Gasteiger partial charge in [-0.3, -0.25) is 0 Å². The summed E-state index contributed by atoms with van der Waals surface area (Å²) >= 11 is 0. The van der Waals surface area contributed by atoms with Crippen molar-refractivity contribution in [1.29, 1.82) is 0 Å². The maximum atomic E-state index is 13.7. The lowest BCUT2D eigenvalue weighted by Gasteiger charge is -2.22. The summed E-state index contributed by atoms with van der Waals surface area (Å²) in [5, 5.41) is 13.5. The lowest BCUT2D eigenvalue weighted by Crippen LogP contribution is -2.30. The van der Waals surface area contributed by atoms with Crippen molar-refractivity contribution in [2.45, 2.75) is 69.7 Å². The van der Waals surface area contributed by atoms with Crippen LogP contribution >= 0.6 is 0 Å². The standard InChI is InChI=1S/C17H24FNO2/c18-13-8-12(11-19-14-6-7-14)9-15(10-13)21-17-5-3-1-2-4-16(17)20/h8-10,14,16-17,19-20H,1-7,11H2. The molecular formula is C17H24FNO2. The number of nitrogens with one attached hydrogen (secondary N) is 1. The molecule has 2 N–H and O–H groups in total. The molecule has 4 heteroatoms. The normalized spacial score (nSPS) is 26.4. The van der Waals surface area contributed by atoms with Crippen molar-refractivity contribution in [3.05, 3.63) is 29.6 Å². The Morgan fingerprint density at radius 1 is 1.10 bits per heavy atom. The third kappa shape index (κ3) is 4.42. The first-order chi connectivity index (χ1) is 10.2. The van der Waals surface area contributed by atoms with E-state index < -0.39 is 6.10 Å². The van der Waals surface area contributed by atoms with E-state index in [-0.39, 0.29) is 11.9 Å². The Hall–Kier alpha value is -1.13. The van der Waals surface area contributed by atoms with Gasteiger partial charge in [0.05, 0.1) is 6.10 Å². The van der Waals surface area contributed by atoms with E-state index in [2.05, 4.69) is 5.32 Å². The van der Waals surface area contributed by atoms with Crippen LogP contribution in [0.25, 0.3) is 0 Å². The summed E-state index contributed by atoms with van der Waals surface area (Å²) in [6, 6.07) is 5.45. The molecule has 2 saturated carbocycles. The van der Waals surface area contributed by atoms with E-state index in [9.17, 15) is 9.50 Å². The van der Waals surface area contributed by atoms with E-state index in [4.69, 9.17) is 4.74 Å². The lowest BCUT2D eigenvalue weighted by atomic mass is 10.1. The average molecular weight is 293 g/mol. The number of hydrogen-bond donors (Lipinski definition) is 2. The van der Waals surface area contributed by atoms with Crippen LogP contribution < -0.4 is 10.1 Å². The average Bonchev–Trinajstić information content (AvgIpc) is 3.27. The fraction of sp³-hybridized carbons (Fsp3) is 0.647. The lowest BCUT2D eigenvalue weighted by molar-refractivity contribution is 0.0317. The van der Waals surface area contributed by atoms with E-state index in [0.717, 1.165) is 37.7 Å². The van der Waals surface area contributed by atoms with Gasteiger partial charge in [0, 0.05) is 18.7 Å². The Balaban J connectivity index is 1.65. The Labute approximate surface area is 125 Å². The van der Waals surface area contributed by atoms with Gasteiger partial charge in [-0.05, 0) is 49.8 Å². The second-order valence-electron chi connectivity index (χ2n) is 6.31. The molecular weight excluding hydrogens is 269 g/mol. The molecule has 0 heterocycles. The maximum absolute atomic E-state index is 13.7. The van der Waals surface area contributed by atoms with Crippen LogP contribution in [0.4, 0.5) is 4.39 Å². The number of halogens is 1. The summed E-state index contributed by atoms with van der Waals surface area (Å²) in [5.41, 5.74) is 0.903. The van der Waals surface area contributed by atoms with E-state index in [0.29, 0.717) is 18.3 Å². The number of aliphatic hydroxyl groups excluding tert-OH is 1. The molecule has 0 spiro atoms. The van der Waals surface area contributed by atoms with Gasteiger partial charge in [0.2, 0.25) is 0 Å². The Kier molecular flexibility index (Phi) is 4.76. The van der Waals surface area contributed by atoms with Crippen molar-refractivity contribution in [3.63, 3.8) is 0 Å². The van der Waals surface area contributed by atoms with Crippen LogP contribution in [-0.2, 0) is 6.54 Å². The molecule has 0 bridgehead atoms. The van der Waals surface area contributed by atoms with Crippen molar-refractivity contribution >= 4 is 0 Å². The Morgan fingerprint density at radius 2 is 1.90 bits per heavy atom. The van der Waals surface area contributed by atoms with Crippen LogP contribution in [0.5, 0.6) is 5.75 Å². The van der Waals surface area contributed by atoms with Crippen molar-refractivity contribution < 1.29 is 14.2 Å². The molecule has 21 heavy (non-hydrogen) atoms. The fourth-order valence-electron chi connectivity index (χ4n) is 2.91.